The average molecular weight is 383 g/mol. The van der Waals surface area contributed by atoms with Gasteiger partial charge in [0.05, 0.1) is 0 Å². The number of benzene rings is 1. The summed E-state index contributed by atoms with van der Waals surface area (Å²) in [5.41, 5.74) is 0.799. The van der Waals surface area contributed by atoms with E-state index in [2.05, 4.69) is 9.80 Å². The third kappa shape index (κ3) is 3.80. The number of piperidine rings is 1. The third-order valence-electron chi connectivity index (χ3n) is 7.61. The fraction of sp³-hybridized carbons (Fsp3) is 0.708. The zero-order valence-electron chi connectivity index (χ0n) is 17.0. The predicted molar refractivity (Wildman–Crippen MR) is 111 cm³/mol. The molecule has 28 heavy (non-hydrogen) atoms. The molecule has 2 aliphatic carbocycles. The van der Waals surface area contributed by atoms with Crippen LogP contribution in [-0.4, -0.2) is 53.5 Å². The molecule has 4 nitrogen and oxygen atoms in total. The van der Waals surface area contributed by atoms with E-state index in [-0.39, 0.29) is 12.0 Å². The number of nitrogens with zero attached hydrogens (tertiary/aromatic N) is 2. The number of carbonyl (C=O) groups is 1. The maximum atomic E-state index is 13.1. The molecule has 0 aromatic heterocycles. The lowest BCUT2D eigenvalue weighted by Gasteiger charge is -2.36. The van der Waals surface area contributed by atoms with Crippen LogP contribution < -0.4 is 4.74 Å². The van der Waals surface area contributed by atoms with Gasteiger partial charge in [0.25, 0.3) is 5.91 Å². The Morgan fingerprint density at radius 3 is 2.50 bits per heavy atom. The monoisotopic (exact) mass is 382 g/mol. The van der Waals surface area contributed by atoms with Crippen molar-refractivity contribution >= 4 is 5.91 Å². The van der Waals surface area contributed by atoms with Crippen molar-refractivity contribution in [1.29, 1.82) is 0 Å². The molecule has 2 aliphatic heterocycles. The number of fused-ring (bicyclic) bond motifs is 2. The average Bonchev–Trinajstić information content (AvgIpc) is 3.36. The highest BCUT2D eigenvalue weighted by Gasteiger charge is 2.38. The van der Waals surface area contributed by atoms with Crippen molar-refractivity contribution in [2.24, 2.45) is 5.92 Å². The molecule has 1 aromatic carbocycles. The van der Waals surface area contributed by atoms with E-state index in [4.69, 9.17) is 4.74 Å². The molecule has 4 aliphatic rings. The maximum absolute atomic E-state index is 13.1. The zero-order valence-corrected chi connectivity index (χ0v) is 17.0. The van der Waals surface area contributed by atoms with Gasteiger partial charge in [0.2, 0.25) is 0 Å². The Kier molecular flexibility index (Phi) is 5.32. The van der Waals surface area contributed by atoms with E-state index in [1.165, 1.54) is 51.4 Å². The molecule has 152 valence electrons. The quantitative estimate of drug-likeness (QED) is 0.769. The van der Waals surface area contributed by atoms with E-state index < -0.39 is 0 Å². The summed E-state index contributed by atoms with van der Waals surface area (Å²) in [5.74, 6) is 1.80. The van der Waals surface area contributed by atoms with Crippen molar-refractivity contribution in [3.05, 3.63) is 29.8 Å². The Balaban J connectivity index is 1.19. The highest BCUT2D eigenvalue weighted by atomic mass is 16.5. The summed E-state index contributed by atoms with van der Waals surface area (Å²) in [6.45, 7) is 3.27. The number of hydrogen-bond acceptors (Lipinski definition) is 3. The van der Waals surface area contributed by atoms with E-state index >= 15 is 0 Å². The van der Waals surface area contributed by atoms with Crippen LogP contribution in [0.1, 0.15) is 74.6 Å². The number of carbonyl (C=O) groups excluding carboxylic acids is 1. The summed E-state index contributed by atoms with van der Waals surface area (Å²) < 4.78 is 6.31. The lowest BCUT2D eigenvalue weighted by Crippen LogP contribution is -2.43. The molecule has 2 saturated heterocycles. The molecule has 1 amide bonds. The highest BCUT2D eigenvalue weighted by Crippen LogP contribution is 2.36. The smallest absolute Gasteiger partial charge is 0.254 e. The summed E-state index contributed by atoms with van der Waals surface area (Å²) in [4.78, 5) is 17.9. The van der Waals surface area contributed by atoms with E-state index in [1.807, 2.05) is 24.3 Å². The van der Waals surface area contributed by atoms with Crippen molar-refractivity contribution in [2.45, 2.75) is 82.4 Å². The highest BCUT2D eigenvalue weighted by molar-refractivity contribution is 5.95. The topological polar surface area (TPSA) is 32.8 Å². The Morgan fingerprint density at radius 2 is 1.71 bits per heavy atom. The number of hydrogen-bond donors (Lipinski definition) is 0. The van der Waals surface area contributed by atoms with Gasteiger partial charge in [-0.15, -0.1) is 0 Å². The Hall–Kier alpha value is -1.55. The molecule has 2 atom stereocenters. The molecule has 4 fully saturated rings. The lowest BCUT2D eigenvalue weighted by atomic mass is 9.90. The van der Waals surface area contributed by atoms with E-state index in [9.17, 15) is 4.79 Å². The molecule has 2 saturated carbocycles. The fourth-order valence-electron chi connectivity index (χ4n) is 6.08. The number of rotatable bonds is 4. The minimum atomic E-state index is 0.205. The second kappa shape index (κ2) is 8.06. The standard InChI is InChI=1S/C24H34N2O2/c27-24(26-17-18-5-3-9-21(26)15-18)19-6-4-10-23(16-19)28-22-11-13-25(14-12-22)20-7-1-2-8-20/h4,6,10,16,18,20-22H,1-3,5,7-9,11-15,17H2/t18-,21+/m1/s1. The number of amides is 1. The summed E-state index contributed by atoms with van der Waals surface area (Å²) in [6.07, 6.45) is 13.0. The molecule has 4 heteroatoms. The van der Waals surface area contributed by atoms with Crippen LogP contribution in [0.5, 0.6) is 5.75 Å². The molecule has 0 unspecified atom stereocenters. The largest absolute Gasteiger partial charge is 0.490 e. The Bertz CT molecular complexity index is 692. The van der Waals surface area contributed by atoms with Crippen molar-refractivity contribution < 1.29 is 9.53 Å². The van der Waals surface area contributed by atoms with Gasteiger partial charge in [-0.3, -0.25) is 4.79 Å². The van der Waals surface area contributed by atoms with Gasteiger partial charge in [0.15, 0.2) is 0 Å². The van der Waals surface area contributed by atoms with E-state index in [1.54, 1.807) is 0 Å². The van der Waals surface area contributed by atoms with E-state index in [0.29, 0.717) is 6.04 Å². The van der Waals surface area contributed by atoms with Crippen LogP contribution in [0.4, 0.5) is 0 Å². The van der Waals surface area contributed by atoms with Gasteiger partial charge in [-0.2, -0.15) is 0 Å². The minimum Gasteiger partial charge on any atom is -0.490 e. The first-order valence-corrected chi connectivity index (χ1v) is 11.6. The summed E-state index contributed by atoms with van der Waals surface area (Å²) >= 11 is 0. The van der Waals surface area contributed by atoms with Crippen molar-refractivity contribution in [2.75, 3.05) is 19.6 Å². The van der Waals surface area contributed by atoms with Crippen LogP contribution in [0.3, 0.4) is 0 Å². The molecule has 0 spiro atoms. The van der Waals surface area contributed by atoms with Crippen LogP contribution in [0.15, 0.2) is 24.3 Å². The third-order valence-corrected chi connectivity index (χ3v) is 7.61. The van der Waals surface area contributed by atoms with Crippen molar-refractivity contribution in [3.63, 3.8) is 0 Å². The number of ether oxygens (including phenoxy) is 1. The van der Waals surface area contributed by atoms with Gasteiger partial charge in [0.1, 0.15) is 11.9 Å². The molecule has 0 N–H and O–H groups in total. The molecular formula is C24H34N2O2. The molecule has 2 heterocycles. The Morgan fingerprint density at radius 1 is 0.929 bits per heavy atom. The van der Waals surface area contributed by atoms with Crippen LogP contribution in [0, 0.1) is 5.92 Å². The van der Waals surface area contributed by atoms with Gasteiger partial charge in [-0.05, 0) is 69.1 Å². The van der Waals surface area contributed by atoms with Crippen LogP contribution in [-0.2, 0) is 0 Å². The fourth-order valence-corrected chi connectivity index (χ4v) is 6.08. The summed E-state index contributed by atoms with van der Waals surface area (Å²) in [5, 5.41) is 0. The van der Waals surface area contributed by atoms with Crippen molar-refractivity contribution in [3.8, 4) is 5.75 Å². The molecule has 0 radical (unpaired) electrons. The van der Waals surface area contributed by atoms with Crippen LogP contribution >= 0.6 is 0 Å². The first kappa shape index (κ1) is 18.5. The minimum absolute atomic E-state index is 0.205. The summed E-state index contributed by atoms with van der Waals surface area (Å²) in [7, 11) is 0. The molecule has 1 aromatic rings. The Labute approximate surface area is 169 Å². The van der Waals surface area contributed by atoms with Gasteiger partial charge >= 0.3 is 0 Å². The predicted octanol–water partition coefficient (Wildman–Crippen LogP) is 4.49. The van der Waals surface area contributed by atoms with Gasteiger partial charge in [-0.25, -0.2) is 0 Å². The first-order chi connectivity index (χ1) is 13.8. The van der Waals surface area contributed by atoms with Gasteiger partial charge < -0.3 is 14.5 Å². The van der Waals surface area contributed by atoms with Gasteiger partial charge in [0, 0.05) is 37.3 Å². The zero-order chi connectivity index (χ0) is 18.9. The first-order valence-electron chi connectivity index (χ1n) is 11.6. The van der Waals surface area contributed by atoms with E-state index in [0.717, 1.165) is 55.7 Å². The lowest BCUT2D eigenvalue weighted by molar-refractivity contribution is 0.0721. The number of likely N-dealkylation sites (tertiary alicyclic amines) is 2. The molecular weight excluding hydrogens is 348 g/mol. The molecule has 2 bridgehead atoms. The normalized spacial score (nSPS) is 29.4. The van der Waals surface area contributed by atoms with Crippen molar-refractivity contribution in [1.82, 2.24) is 9.80 Å². The molecule has 5 rings (SSSR count). The SMILES string of the molecule is O=C(c1cccc(OC2CCN(C3CCCC3)CC2)c1)N1C[C@@H]2CCC[C@H]1C2. The van der Waals surface area contributed by atoms with Gasteiger partial charge in [-0.1, -0.05) is 25.3 Å². The second-order valence-electron chi connectivity index (χ2n) is 9.46. The maximum Gasteiger partial charge on any atom is 0.254 e. The van der Waals surface area contributed by atoms with Crippen LogP contribution in [0.25, 0.3) is 0 Å². The van der Waals surface area contributed by atoms with Crippen LogP contribution in [0.2, 0.25) is 0 Å². The summed E-state index contributed by atoms with van der Waals surface area (Å²) in [6, 6.07) is 9.23. The second-order valence-corrected chi connectivity index (χ2v) is 9.46.